The Morgan fingerprint density at radius 1 is 1.10 bits per heavy atom. The quantitative estimate of drug-likeness (QED) is 0.391. The maximum Gasteiger partial charge on any atom is 0.197 e. The van der Waals surface area contributed by atoms with Gasteiger partial charge in [0.15, 0.2) is 23.1 Å². The molecule has 214 valence electrons. The van der Waals surface area contributed by atoms with E-state index in [2.05, 4.69) is 27.7 Å². The van der Waals surface area contributed by atoms with Crippen molar-refractivity contribution in [2.24, 2.45) is 10.4 Å². The largest absolute Gasteiger partial charge is 0.495 e. The number of methoxy groups -OCH3 is 4. The number of carbonyl (C=O) groups is 1. The molecular formula is C31H38FN3O5. The topological polar surface area (TPSA) is 93.4 Å². The molecule has 0 radical (unpaired) electrons. The number of hydrogen-bond donors (Lipinski definition) is 1. The summed E-state index contributed by atoms with van der Waals surface area (Å²) >= 11 is 0. The molecule has 0 bridgehead atoms. The van der Waals surface area contributed by atoms with Crippen LogP contribution in [0.1, 0.15) is 61.2 Å². The Balaban J connectivity index is 1.59. The molecule has 1 N–H and O–H groups in total. The van der Waals surface area contributed by atoms with Crippen LogP contribution in [0.15, 0.2) is 46.7 Å². The maximum absolute atomic E-state index is 15.1. The smallest absolute Gasteiger partial charge is 0.197 e. The summed E-state index contributed by atoms with van der Waals surface area (Å²) in [5.74, 6) is 0.109. The fourth-order valence-corrected chi connectivity index (χ4v) is 5.81. The zero-order valence-electron chi connectivity index (χ0n) is 24.5. The number of halogens is 1. The molecule has 2 aliphatic rings. The molecule has 40 heavy (non-hydrogen) atoms. The third-order valence-corrected chi connectivity index (χ3v) is 7.54. The van der Waals surface area contributed by atoms with Gasteiger partial charge in [-0.15, -0.1) is 0 Å². The zero-order valence-corrected chi connectivity index (χ0v) is 24.5. The van der Waals surface area contributed by atoms with Crippen molar-refractivity contribution in [1.82, 2.24) is 4.90 Å². The number of hydrogen-bond acceptors (Lipinski definition) is 7. The predicted octanol–water partition coefficient (Wildman–Crippen LogP) is 5.52. The Morgan fingerprint density at radius 3 is 2.33 bits per heavy atom. The van der Waals surface area contributed by atoms with Gasteiger partial charge >= 0.3 is 0 Å². The molecule has 0 amide bonds. The summed E-state index contributed by atoms with van der Waals surface area (Å²) in [6.45, 7) is 9.20. The van der Waals surface area contributed by atoms with Crippen LogP contribution in [0, 0.1) is 16.6 Å². The minimum atomic E-state index is -0.664. The number of ketones is 1. The van der Waals surface area contributed by atoms with Crippen molar-refractivity contribution in [3.63, 3.8) is 0 Å². The summed E-state index contributed by atoms with van der Waals surface area (Å²) in [4.78, 5) is 20.0. The number of allylic oxidation sites excluding steroid dienone is 1. The van der Waals surface area contributed by atoms with Crippen LogP contribution < -0.4 is 9.47 Å². The van der Waals surface area contributed by atoms with Crippen molar-refractivity contribution < 1.29 is 28.1 Å². The predicted molar refractivity (Wildman–Crippen MR) is 152 cm³/mol. The van der Waals surface area contributed by atoms with E-state index in [0.29, 0.717) is 24.2 Å². The molecule has 2 aromatic rings. The molecular weight excluding hydrogens is 513 g/mol. The minimum Gasteiger partial charge on any atom is -0.495 e. The van der Waals surface area contributed by atoms with Crippen molar-refractivity contribution in [2.45, 2.75) is 46.2 Å². The van der Waals surface area contributed by atoms with Gasteiger partial charge in [0.1, 0.15) is 17.1 Å². The van der Waals surface area contributed by atoms with Crippen LogP contribution in [0.5, 0.6) is 11.5 Å². The highest BCUT2D eigenvalue weighted by molar-refractivity contribution is 6.06. The molecule has 2 aromatic carbocycles. The van der Waals surface area contributed by atoms with Gasteiger partial charge in [0.25, 0.3) is 0 Å². The Hall–Kier alpha value is -3.72. The molecule has 0 fully saturated rings. The Morgan fingerprint density at radius 2 is 1.77 bits per heavy atom. The highest BCUT2D eigenvalue weighted by Gasteiger charge is 2.45. The number of nitrogens with one attached hydrogen (secondary N) is 1. The number of fused-ring (bicyclic) bond motifs is 1. The number of aliphatic imine (C=N–C) groups is 1. The van der Waals surface area contributed by atoms with Crippen molar-refractivity contribution >= 4 is 17.3 Å². The van der Waals surface area contributed by atoms with E-state index in [4.69, 9.17) is 29.3 Å². The van der Waals surface area contributed by atoms with Gasteiger partial charge in [-0.05, 0) is 29.5 Å². The third kappa shape index (κ3) is 4.98. The monoisotopic (exact) mass is 551 g/mol. The van der Waals surface area contributed by atoms with E-state index in [1.54, 1.807) is 37.3 Å². The van der Waals surface area contributed by atoms with E-state index in [0.717, 1.165) is 22.6 Å². The maximum atomic E-state index is 15.1. The molecule has 2 heterocycles. The summed E-state index contributed by atoms with van der Waals surface area (Å²) in [7, 11) is 6.12. The summed E-state index contributed by atoms with van der Waals surface area (Å²) in [6.07, 6.45) is 0.633. The van der Waals surface area contributed by atoms with E-state index in [1.165, 1.54) is 14.2 Å². The normalized spacial score (nSPS) is 18.7. The number of rotatable bonds is 10. The molecule has 0 saturated carbocycles. The Labute approximate surface area is 235 Å². The second-order valence-electron chi connectivity index (χ2n) is 11.2. The first-order valence-electron chi connectivity index (χ1n) is 13.2. The van der Waals surface area contributed by atoms with Crippen LogP contribution in [0.4, 0.5) is 4.39 Å². The Bertz CT molecular complexity index is 1390. The van der Waals surface area contributed by atoms with E-state index >= 15 is 4.39 Å². The van der Waals surface area contributed by atoms with Crippen LogP contribution in [0.25, 0.3) is 0 Å². The first kappa shape index (κ1) is 29.3. The van der Waals surface area contributed by atoms with E-state index < -0.39 is 11.4 Å². The molecule has 1 unspecified atom stereocenters. The standard InChI is InChI=1S/C31H38FN3O5/c1-30(2,3)28-26(39-7)21(13-14-37-5)34-31(28,4)20-11-9-18(10-12-20)22(36)17-35-16-19-15-23(38-6)27(40-8)25(32)24(19)29(35)33/h9-12,15,33H,13-14,16-17H2,1-8H3. The number of ether oxygens (including phenoxy) is 4. The number of amidine groups is 1. The number of Topliss-reactive ketones (excluding diaryl/α,β-unsaturated/α-hetero) is 1. The summed E-state index contributed by atoms with van der Waals surface area (Å²) < 4.78 is 36.7. The number of benzene rings is 2. The SMILES string of the molecule is COCCC1=NC(C)(c2ccc(C(=O)CN3Cc4cc(OC)c(OC)c(F)c4C3=N)cc2)C(C(C)(C)C)=C1OC. The lowest BCUT2D eigenvalue weighted by atomic mass is 9.72. The fourth-order valence-electron chi connectivity index (χ4n) is 5.81. The second kappa shape index (κ2) is 11.0. The van der Waals surface area contributed by atoms with Gasteiger partial charge in [-0.25, -0.2) is 4.39 Å². The van der Waals surface area contributed by atoms with Gasteiger partial charge in [0, 0.05) is 31.2 Å². The van der Waals surface area contributed by atoms with Gasteiger partial charge in [0.05, 0.1) is 45.8 Å². The third-order valence-electron chi connectivity index (χ3n) is 7.54. The van der Waals surface area contributed by atoms with Gasteiger partial charge in [-0.2, -0.15) is 0 Å². The van der Waals surface area contributed by atoms with Crippen molar-refractivity contribution in [3.8, 4) is 11.5 Å². The first-order chi connectivity index (χ1) is 18.9. The highest BCUT2D eigenvalue weighted by atomic mass is 19.1. The molecule has 0 spiro atoms. The van der Waals surface area contributed by atoms with Gasteiger partial charge in [-0.3, -0.25) is 15.2 Å². The molecule has 2 aliphatic heterocycles. The molecule has 8 nitrogen and oxygen atoms in total. The van der Waals surface area contributed by atoms with Crippen LogP contribution in [-0.2, 0) is 21.6 Å². The summed E-state index contributed by atoms with van der Waals surface area (Å²) in [6, 6.07) is 9.09. The van der Waals surface area contributed by atoms with E-state index in [1.807, 2.05) is 12.1 Å². The summed E-state index contributed by atoms with van der Waals surface area (Å²) in [5.41, 5.74) is 3.21. The number of nitrogens with zero attached hydrogens (tertiary/aromatic N) is 2. The molecule has 4 rings (SSSR count). The first-order valence-corrected chi connectivity index (χ1v) is 13.2. The molecule has 9 heteroatoms. The second-order valence-corrected chi connectivity index (χ2v) is 11.2. The lowest BCUT2D eigenvalue weighted by molar-refractivity contribution is 0.0962. The lowest BCUT2D eigenvalue weighted by Gasteiger charge is -2.34. The molecule has 0 aromatic heterocycles. The average Bonchev–Trinajstić information content (AvgIpc) is 3.40. The molecule has 0 saturated heterocycles. The summed E-state index contributed by atoms with van der Waals surface area (Å²) in [5, 5.41) is 8.54. The van der Waals surface area contributed by atoms with Crippen LogP contribution in [0.2, 0.25) is 0 Å². The van der Waals surface area contributed by atoms with E-state index in [9.17, 15) is 4.79 Å². The van der Waals surface area contributed by atoms with Crippen molar-refractivity contribution in [2.75, 3.05) is 41.6 Å². The van der Waals surface area contributed by atoms with Crippen LogP contribution in [0.3, 0.4) is 0 Å². The molecule has 0 aliphatic carbocycles. The minimum absolute atomic E-state index is 0.0523. The fraction of sp³-hybridized carbons (Fsp3) is 0.452. The zero-order chi connectivity index (χ0) is 29.4. The van der Waals surface area contributed by atoms with Gasteiger partial charge < -0.3 is 23.8 Å². The van der Waals surface area contributed by atoms with Gasteiger partial charge in [-0.1, -0.05) is 45.0 Å². The number of carbonyl (C=O) groups excluding carboxylic acids is 1. The van der Waals surface area contributed by atoms with Gasteiger partial charge in [0.2, 0.25) is 0 Å². The van der Waals surface area contributed by atoms with E-state index in [-0.39, 0.29) is 47.2 Å². The van der Waals surface area contributed by atoms with Crippen molar-refractivity contribution in [1.29, 1.82) is 5.41 Å². The van der Waals surface area contributed by atoms with Crippen LogP contribution >= 0.6 is 0 Å². The lowest BCUT2D eigenvalue weighted by Crippen LogP contribution is -2.31. The molecule has 1 atom stereocenters. The van der Waals surface area contributed by atoms with Crippen LogP contribution in [-0.4, -0.2) is 63.8 Å². The Kier molecular flexibility index (Phi) is 8.08. The average molecular weight is 552 g/mol. The highest BCUT2D eigenvalue weighted by Crippen LogP contribution is 2.49. The van der Waals surface area contributed by atoms with Crippen molar-refractivity contribution in [3.05, 3.63) is 69.7 Å².